The van der Waals surface area contributed by atoms with Crippen LogP contribution >= 0.6 is 0 Å². The van der Waals surface area contributed by atoms with Gasteiger partial charge >= 0.3 is 0 Å². The SMILES string of the molecule is N#CC1(N=NC2CCCC2)CCCC1. The molecule has 0 N–H and O–H groups in total. The predicted molar refractivity (Wildman–Crippen MR) is 53.9 cm³/mol. The lowest BCUT2D eigenvalue weighted by Gasteiger charge is -2.13. The molecule has 2 aliphatic carbocycles. The van der Waals surface area contributed by atoms with Gasteiger partial charge < -0.3 is 0 Å². The molecule has 14 heavy (non-hydrogen) atoms. The van der Waals surface area contributed by atoms with E-state index in [0.717, 1.165) is 25.7 Å². The number of nitrogens with zero attached hydrogens (tertiary/aromatic N) is 3. The lowest BCUT2D eigenvalue weighted by Crippen LogP contribution is -2.18. The van der Waals surface area contributed by atoms with Gasteiger partial charge in [-0.2, -0.15) is 15.5 Å². The fraction of sp³-hybridized carbons (Fsp3) is 0.909. The summed E-state index contributed by atoms with van der Waals surface area (Å²) < 4.78 is 0. The van der Waals surface area contributed by atoms with Crippen molar-refractivity contribution in [2.24, 2.45) is 10.2 Å². The zero-order valence-electron chi connectivity index (χ0n) is 8.58. The summed E-state index contributed by atoms with van der Waals surface area (Å²) in [4.78, 5) is 0. The van der Waals surface area contributed by atoms with Gasteiger partial charge in [0.2, 0.25) is 0 Å². The molecule has 0 saturated heterocycles. The van der Waals surface area contributed by atoms with Crippen molar-refractivity contribution in [2.45, 2.75) is 62.9 Å². The molecule has 0 unspecified atom stereocenters. The summed E-state index contributed by atoms with van der Waals surface area (Å²) in [6.45, 7) is 0. The van der Waals surface area contributed by atoms with Gasteiger partial charge in [-0.25, -0.2) is 0 Å². The maximum Gasteiger partial charge on any atom is 0.167 e. The summed E-state index contributed by atoms with van der Waals surface area (Å²) in [5, 5.41) is 17.8. The number of rotatable bonds is 2. The first kappa shape index (κ1) is 9.64. The Morgan fingerprint density at radius 2 is 1.71 bits per heavy atom. The molecule has 0 aromatic heterocycles. The first-order valence-corrected chi connectivity index (χ1v) is 5.68. The maximum atomic E-state index is 9.09. The van der Waals surface area contributed by atoms with Crippen LogP contribution in [0.4, 0.5) is 0 Å². The van der Waals surface area contributed by atoms with Crippen LogP contribution in [0.1, 0.15) is 51.4 Å². The van der Waals surface area contributed by atoms with E-state index in [0.29, 0.717) is 6.04 Å². The highest BCUT2D eigenvalue weighted by Gasteiger charge is 2.34. The van der Waals surface area contributed by atoms with Crippen LogP contribution in [0.2, 0.25) is 0 Å². The third-order valence-electron chi connectivity index (χ3n) is 3.38. The Balaban J connectivity index is 1.96. The highest BCUT2D eigenvalue weighted by atomic mass is 15.2. The van der Waals surface area contributed by atoms with E-state index in [1.807, 2.05) is 0 Å². The molecule has 76 valence electrons. The molecule has 0 aromatic rings. The summed E-state index contributed by atoms with van der Waals surface area (Å²) >= 11 is 0. The van der Waals surface area contributed by atoms with Crippen LogP contribution in [0.3, 0.4) is 0 Å². The maximum absolute atomic E-state index is 9.09. The molecule has 2 saturated carbocycles. The summed E-state index contributed by atoms with van der Waals surface area (Å²) in [6.07, 6.45) is 9.01. The second kappa shape index (κ2) is 4.08. The van der Waals surface area contributed by atoms with Crippen LogP contribution in [0.5, 0.6) is 0 Å². The zero-order valence-corrected chi connectivity index (χ0v) is 8.58. The van der Waals surface area contributed by atoms with E-state index >= 15 is 0 Å². The average molecular weight is 191 g/mol. The lowest BCUT2D eigenvalue weighted by molar-refractivity contribution is 0.502. The average Bonchev–Trinajstić information content (AvgIpc) is 2.87. The molecular weight excluding hydrogens is 174 g/mol. The van der Waals surface area contributed by atoms with Crippen molar-refractivity contribution in [2.75, 3.05) is 0 Å². The second-order valence-corrected chi connectivity index (χ2v) is 4.50. The molecular formula is C11H17N3. The lowest BCUT2D eigenvalue weighted by atomic mass is 10.0. The molecule has 2 aliphatic rings. The summed E-state index contributed by atoms with van der Waals surface area (Å²) in [5.74, 6) is 0. The Labute approximate surface area is 85.2 Å². The summed E-state index contributed by atoms with van der Waals surface area (Å²) in [5.41, 5.74) is -0.442. The Morgan fingerprint density at radius 3 is 2.29 bits per heavy atom. The smallest absolute Gasteiger partial charge is 0.167 e. The van der Waals surface area contributed by atoms with Crippen LogP contribution in [0, 0.1) is 11.3 Å². The van der Waals surface area contributed by atoms with Crippen molar-refractivity contribution in [1.29, 1.82) is 5.26 Å². The van der Waals surface area contributed by atoms with Gasteiger partial charge in [-0.05, 0) is 38.5 Å². The molecule has 0 atom stereocenters. The fourth-order valence-corrected chi connectivity index (χ4v) is 2.41. The molecule has 3 heteroatoms. The summed E-state index contributed by atoms with van der Waals surface area (Å²) in [7, 11) is 0. The monoisotopic (exact) mass is 191 g/mol. The van der Waals surface area contributed by atoms with Gasteiger partial charge in [0, 0.05) is 0 Å². The van der Waals surface area contributed by atoms with Gasteiger partial charge in [0.15, 0.2) is 5.54 Å². The molecule has 0 bridgehead atoms. The molecule has 2 fully saturated rings. The van der Waals surface area contributed by atoms with Crippen molar-refractivity contribution in [3.05, 3.63) is 0 Å². The number of hydrogen-bond acceptors (Lipinski definition) is 3. The number of hydrogen-bond donors (Lipinski definition) is 0. The van der Waals surface area contributed by atoms with E-state index in [4.69, 9.17) is 5.26 Å². The minimum Gasteiger partial charge on any atom is -0.196 e. The molecule has 2 rings (SSSR count). The second-order valence-electron chi connectivity index (χ2n) is 4.50. The van der Waals surface area contributed by atoms with Gasteiger partial charge in [-0.1, -0.05) is 12.8 Å². The Bertz CT molecular complexity index is 252. The van der Waals surface area contributed by atoms with Gasteiger partial charge in [-0.3, -0.25) is 0 Å². The van der Waals surface area contributed by atoms with Crippen LogP contribution < -0.4 is 0 Å². The Morgan fingerprint density at radius 1 is 1.07 bits per heavy atom. The van der Waals surface area contributed by atoms with Crippen LogP contribution in [0.15, 0.2) is 10.2 Å². The number of nitriles is 1. The van der Waals surface area contributed by atoms with Crippen LogP contribution in [-0.4, -0.2) is 11.6 Å². The van der Waals surface area contributed by atoms with Crippen molar-refractivity contribution in [1.82, 2.24) is 0 Å². The van der Waals surface area contributed by atoms with Crippen LogP contribution in [-0.2, 0) is 0 Å². The minimum absolute atomic E-state index is 0.417. The molecule has 0 heterocycles. The van der Waals surface area contributed by atoms with E-state index in [-0.39, 0.29) is 0 Å². The van der Waals surface area contributed by atoms with E-state index in [2.05, 4.69) is 16.3 Å². The first-order valence-electron chi connectivity index (χ1n) is 5.68. The minimum atomic E-state index is -0.442. The predicted octanol–water partition coefficient (Wildman–Crippen LogP) is 3.22. The highest BCUT2D eigenvalue weighted by Crippen LogP contribution is 2.34. The number of azo groups is 1. The standard InChI is InChI=1S/C11H17N3/c12-9-11(7-3-4-8-11)14-13-10-5-1-2-6-10/h10H,1-8H2. The van der Waals surface area contributed by atoms with Gasteiger partial charge in [0.1, 0.15) is 0 Å². The molecule has 0 aliphatic heterocycles. The largest absolute Gasteiger partial charge is 0.196 e. The van der Waals surface area contributed by atoms with Crippen molar-refractivity contribution in [3.63, 3.8) is 0 Å². The molecule has 0 radical (unpaired) electrons. The van der Waals surface area contributed by atoms with Crippen molar-refractivity contribution >= 4 is 0 Å². The fourth-order valence-electron chi connectivity index (χ4n) is 2.41. The quantitative estimate of drug-likeness (QED) is 0.618. The Hall–Kier alpha value is -0.910. The third-order valence-corrected chi connectivity index (χ3v) is 3.38. The van der Waals surface area contributed by atoms with Gasteiger partial charge in [-0.15, -0.1) is 0 Å². The van der Waals surface area contributed by atoms with Crippen molar-refractivity contribution in [3.8, 4) is 6.07 Å². The first-order chi connectivity index (χ1) is 6.85. The highest BCUT2D eigenvalue weighted by molar-refractivity contribution is 5.09. The molecule has 0 amide bonds. The molecule has 3 nitrogen and oxygen atoms in total. The van der Waals surface area contributed by atoms with Gasteiger partial charge in [0.05, 0.1) is 12.1 Å². The topological polar surface area (TPSA) is 48.5 Å². The van der Waals surface area contributed by atoms with Crippen LogP contribution in [0.25, 0.3) is 0 Å². The van der Waals surface area contributed by atoms with E-state index in [1.54, 1.807) is 0 Å². The van der Waals surface area contributed by atoms with Crippen molar-refractivity contribution < 1.29 is 0 Å². The van der Waals surface area contributed by atoms with Gasteiger partial charge in [0.25, 0.3) is 0 Å². The molecule has 0 spiro atoms. The molecule has 0 aromatic carbocycles. The Kier molecular flexibility index (Phi) is 2.81. The normalized spacial score (nSPS) is 27.1. The van der Waals surface area contributed by atoms with E-state index in [9.17, 15) is 0 Å². The summed E-state index contributed by atoms with van der Waals surface area (Å²) in [6, 6.07) is 2.76. The van der Waals surface area contributed by atoms with E-state index in [1.165, 1.54) is 25.7 Å². The zero-order chi connectivity index (χ0) is 9.86. The third kappa shape index (κ3) is 1.95. The van der Waals surface area contributed by atoms with E-state index < -0.39 is 5.54 Å².